The molecule has 0 unspecified atom stereocenters. The third kappa shape index (κ3) is 15.3. The van der Waals surface area contributed by atoms with Crippen molar-refractivity contribution in [3.63, 3.8) is 0 Å². The number of benzene rings is 4. The maximum Gasteiger partial charge on any atom is 0.162 e. The molecule has 57 heavy (non-hydrogen) atoms. The minimum Gasteiger partial charge on any atom is -0.490 e. The molecule has 5 rings (SSSR count). The lowest BCUT2D eigenvalue weighted by atomic mass is 10.0. The molecule has 0 atom stereocenters. The summed E-state index contributed by atoms with van der Waals surface area (Å²) < 4.78 is 12.7. The van der Waals surface area contributed by atoms with E-state index in [1.165, 1.54) is 138 Å². The van der Waals surface area contributed by atoms with Crippen LogP contribution in [0.3, 0.4) is 0 Å². The number of carbonyl (C=O) groups excluding carboxylic acids is 1. The molecule has 0 spiro atoms. The van der Waals surface area contributed by atoms with E-state index < -0.39 is 0 Å². The van der Waals surface area contributed by atoms with Crippen LogP contribution < -0.4 is 9.47 Å². The second kappa shape index (κ2) is 25.5. The standard InChI is InChI=1S/C54H66O3/c1-3-5-7-9-11-13-15-17-19-21-37-56-53-36-33-47(41-54(53)57-38-22-20-18-16-14-12-10-8-6-4-2)28-27-46-32-35-52-50(40-46)42-49-39-45(31-34-51(49)52)26-23-44-24-29-48(43-55)30-25-44/h24-25,29-36,39-41,43H,3-22,37-38,42H2,1-2H3. The highest BCUT2D eigenvalue weighted by atomic mass is 16.5. The molecule has 3 nitrogen and oxygen atoms in total. The SMILES string of the molecule is CCCCCCCCCCCCOc1ccc(C#Cc2ccc3c(c2)Cc2cc(C#Cc4ccc(C=O)cc4)ccc2-3)cc1OCCCCCCCCCCCC. The first-order chi connectivity index (χ1) is 28.2. The molecule has 0 amide bonds. The van der Waals surface area contributed by atoms with Crippen molar-refractivity contribution in [1.82, 2.24) is 0 Å². The minimum absolute atomic E-state index is 0.658. The van der Waals surface area contributed by atoms with Gasteiger partial charge < -0.3 is 9.47 Å². The number of carbonyl (C=O) groups is 1. The number of hydrogen-bond acceptors (Lipinski definition) is 3. The molecule has 0 bridgehead atoms. The molecule has 0 saturated carbocycles. The molecule has 1 aliphatic carbocycles. The quantitative estimate of drug-likeness (QED) is 0.0337. The second-order valence-corrected chi connectivity index (χ2v) is 15.9. The number of hydrogen-bond donors (Lipinski definition) is 0. The van der Waals surface area contributed by atoms with Crippen molar-refractivity contribution in [2.24, 2.45) is 0 Å². The van der Waals surface area contributed by atoms with Gasteiger partial charge in [0.1, 0.15) is 6.29 Å². The van der Waals surface area contributed by atoms with E-state index in [-0.39, 0.29) is 0 Å². The Morgan fingerprint density at radius 1 is 0.439 bits per heavy atom. The number of aldehydes is 1. The van der Waals surface area contributed by atoms with Gasteiger partial charge in [-0.3, -0.25) is 4.79 Å². The van der Waals surface area contributed by atoms with E-state index in [2.05, 4.69) is 86.1 Å². The van der Waals surface area contributed by atoms with E-state index in [1.54, 1.807) is 12.1 Å². The predicted molar refractivity (Wildman–Crippen MR) is 240 cm³/mol. The van der Waals surface area contributed by atoms with Crippen LogP contribution in [0.1, 0.15) is 186 Å². The lowest BCUT2D eigenvalue weighted by Crippen LogP contribution is -2.03. The minimum atomic E-state index is 0.658. The van der Waals surface area contributed by atoms with Crippen LogP contribution in [0.4, 0.5) is 0 Å². The van der Waals surface area contributed by atoms with Crippen LogP contribution in [-0.2, 0) is 6.42 Å². The summed E-state index contributed by atoms with van der Waals surface area (Å²) in [6, 6.07) is 26.6. The first kappa shape index (κ1) is 43.4. The third-order valence-corrected chi connectivity index (χ3v) is 11.1. The summed E-state index contributed by atoms with van der Waals surface area (Å²) in [6.45, 7) is 5.99. The van der Waals surface area contributed by atoms with E-state index in [0.29, 0.717) is 12.2 Å². The topological polar surface area (TPSA) is 35.5 Å². The van der Waals surface area contributed by atoms with Gasteiger partial charge in [0, 0.05) is 27.8 Å². The first-order valence-corrected chi connectivity index (χ1v) is 22.4. The molecule has 0 heterocycles. The first-order valence-electron chi connectivity index (χ1n) is 22.4. The van der Waals surface area contributed by atoms with Gasteiger partial charge in [0.2, 0.25) is 0 Å². The molecule has 300 valence electrons. The average Bonchev–Trinajstić information content (AvgIpc) is 3.61. The molecular weight excluding hydrogens is 697 g/mol. The molecule has 4 aromatic carbocycles. The van der Waals surface area contributed by atoms with Crippen molar-refractivity contribution < 1.29 is 14.3 Å². The largest absolute Gasteiger partial charge is 0.490 e. The lowest BCUT2D eigenvalue weighted by Gasteiger charge is -2.13. The van der Waals surface area contributed by atoms with Gasteiger partial charge in [-0.05, 0) is 96.1 Å². The van der Waals surface area contributed by atoms with Gasteiger partial charge in [-0.15, -0.1) is 0 Å². The fourth-order valence-corrected chi connectivity index (χ4v) is 7.66. The summed E-state index contributed by atoms with van der Waals surface area (Å²) in [5, 5.41) is 0. The summed E-state index contributed by atoms with van der Waals surface area (Å²) in [5.74, 6) is 15.0. The molecule has 0 radical (unpaired) electrons. The van der Waals surface area contributed by atoms with E-state index in [0.717, 1.165) is 65.9 Å². The normalized spacial score (nSPS) is 11.2. The van der Waals surface area contributed by atoms with Crippen molar-refractivity contribution in [3.8, 4) is 46.3 Å². The average molecular weight is 763 g/mol. The number of fused-ring (bicyclic) bond motifs is 3. The van der Waals surface area contributed by atoms with Crippen LogP contribution in [0, 0.1) is 23.7 Å². The van der Waals surface area contributed by atoms with Crippen LogP contribution in [0.2, 0.25) is 0 Å². The zero-order chi connectivity index (χ0) is 39.8. The summed E-state index contributed by atoms with van der Waals surface area (Å²) in [5.41, 5.74) is 9.61. The fraction of sp³-hybridized carbons (Fsp3) is 0.463. The number of rotatable bonds is 25. The highest BCUT2D eigenvalue weighted by molar-refractivity contribution is 5.78. The van der Waals surface area contributed by atoms with Gasteiger partial charge in [-0.2, -0.15) is 0 Å². The van der Waals surface area contributed by atoms with Crippen LogP contribution >= 0.6 is 0 Å². The smallest absolute Gasteiger partial charge is 0.162 e. The van der Waals surface area contributed by atoms with Crippen molar-refractivity contribution in [2.75, 3.05) is 13.2 Å². The Hall–Kier alpha value is -4.73. The van der Waals surface area contributed by atoms with Gasteiger partial charge in [-0.25, -0.2) is 0 Å². The van der Waals surface area contributed by atoms with Gasteiger partial charge >= 0.3 is 0 Å². The van der Waals surface area contributed by atoms with Crippen molar-refractivity contribution in [2.45, 2.75) is 149 Å². The Labute approximate surface area is 345 Å². The second-order valence-electron chi connectivity index (χ2n) is 15.9. The van der Waals surface area contributed by atoms with Gasteiger partial charge in [0.15, 0.2) is 11.5 Å². The lowest BCUT2D eigenvalue weighted by molar-refractivity contribution is 0.112. The zero-order valence-electron chi connectivity index (χ0n) is 35.1. The highest BCUT2D eigenvalue weighted by Gasteiger charge is 2.18. The Kier molecular flexibility index (Phi) is 19.4. The molecule has 0 fully saturated rings. The third-order valence-electron chi connectivity index (χ3n) is 11.1. The fourth-order valence-electron chi connectivity index (χ4n) is 7.66. The summed E-state index contributed by atoms with van der Waals surface area (Å²) in [7, 11) is 0. The monoisotopic (exact) mass is 763 g/mol. The van der Waals surface area contributed by atoms with Gasteiger partial charge in [-0.1, -0.05) is 177 Å². The van der Waals surface area contributed by atoms with E-state index in [4.69, 9.17) is 9.47 Å². The van der Waals surface area contributed by atoms with E-state index in [9.17, 15) is 4.79 Å². The van der Waals surface area contributed by atoms with Crippen molar-refractivity contribution >= 4 is 6.29 Å². The van der Waals surface area contributed by atoms with Gasteiger partial charge in [0.25, 0.3) is 0 Å². The number of ether oxygens (including phenoxy) is 2. The zero-order valence-corrected chi connectivity index (χ0v) is 35.1. The van der Waals surface area contributed by atoms with E-state index in [1.807, 2.05) is 18.2 Å². The van der Waals surface area contributed by atoms with Crippen LogP contribution in [0.15, 0.2) is 78.9 Å². The molecular formula is C54H66O3. The molecule has 0 aliphatic heterocycles. The summed E-state index contributed by atoms with van der Waals surface area (Å²) >= 11 is 0. The molecule has 1 aliphatic rings. The van der Waals surface area contributed by atoms with Crippen LogP contribution in [0.25, 0.3) is 11.1 Å². The molecule has 0 saturated heterocycles. The van der Waals surface area contributed by atoms with Gasteiger partial charge in [0.05, 0.1) is 13.2 Å². The number of unbranched alkanes of at least 4 members (excludes halogenated alkanes) is 18. The van der Waals surface area contributed by atoms with Crippen LogP contribution in [0.5, 0.6) is 11.5 Å². The molecule has 0 N–H and O–H groups in total. The maximum atomic E-state index is 11.0. The van der Waals surface area contributed by atoms with Crippen molar-refractivity contribution in [1.29, 1.82) is 0 Å². The Bertz CT molecular complexity index is 1930. The predicted octanol–water partition coefficient (Wildman–Crippen LogP) is 14.5. The Morgan fingerprint density at radius 3 is 1.30 bits per heavy atom. The van der Waals surface area contributed by atoms with Crippen LogP contribution in [-0.4, -0.2) is 19.5 Å². The van der Waals surface area contributed by atoms with Crippen molar-refractivity contribution in [3.05, 3.63) is 118 Å². The van der Waals surface area contributed by atoms with E-state index >= 15 is 0 Å². The highest BCUT2D eigenvalue weighted by Crippen LogP contribution is 2.37. The molecule has 4 aromatic rings. The molecule has 0 aromatic heterocycles. The molecule has 3 heteroatoms. The Balaban J connectivity index is 1.15. The maximum absolute atomic E-state index is 11.0. The Morgan fingerprint density at radius 2 is 0.825 bits per heavy atom. The summed E-state index contributed by atoms with van der Waals surface area (Å²) in [6.07, 6.45) is 27.9. The summed E-state index contributed by atoms with van der Waals surface area (Å²) in [4.78, 5) is 11.0.